The SMILES string of the molecule is CCCCOc1cc(CCOC(=N)C(Cl)(Cl)Cl)ccc1OC. The van der Waals surface area contributed by atoms with Gasteiger partial charge in [0.05, 0.1) is 20.3 Å². The first-order chi connectivity index (χ1) is 10.4. The first-order valence-corrected chi connectivity index (χ1v) is 8.10. The summed E-state index contributed by atoms with van der Waals surface area (Å²) in [5.74, 6) is 1.00. The molecular formula is C15H20Cl3NO3. The average Bonchev–Trinajstić information content (AvgIpc) is 2.46. The number of hydrogen-bond acceptors (Lipinski definition) is 4. The van der Waals surface area contributed by atoms with Gasteiger partial charge < -0.3 is 14.2 Å². The molecule has 0 atom stereocenters. The molecule has 1 aromatic carbocycles. The predicted octanol–water partition coefficient (Wildman–Crippen LogP) is 4.78. The van der Waals surface area contributed by atoms with E-state index in [9.17, 15) is 0 Å². The van der Waals surface area contributed by atoms with Crippen LogP contribution < -0.4 is 9.47 Å². The summed E-state index contributed by atoms with van der Waals surface area (Å²) < 4.78 is 14.3. The van der Waals surface area contributed by atoms with Gasteiger partial charge in [0.25, 0.3) is 3.79 Å². The molecule has 0 unspecified atom stereocenters. The van der Waals surface area contributed by atoms with E-state index in [-0.39, 0.29) is 12.5 Å². The summed E-state index contributed by atoms with van der Waals surface area (Å²) in [7, 11) is 1.60. The zero-order chi connectivity index (χ0) is 16.6. The normalized spacial score (nSPS) is 11.1. The van der Waals surface area contributed by atoms with Gasteiger partial charge in [0, 0.05) is 6.42 Å². The van der Waals surface area contributed by atoms with E-state index in [4.69, 9.17) is 54.4 Å². The minimum atomic E-state index is -1.83. The Kier molecular flexibility index (Phi) is 8.15. The lowest BCUT2D eigenvalue weighted by atomic mass is 10.1. The number of ether oxygens (including phenoxy) is 3. The van der Waals surface area contributed by atoms with Crippen molar-refractivity contribution in [3.63, 3.8) is 0 Å². The predicted molar refractivity (Wildman–Crippen MR) is 91.1 cm³/mol. The molecular weight excluding hydrogens is 349 g/mol. The van der Waals surface area contributed by atoms with Crippen molar-refractivity contribution in [2.45, 2.75) is 30.0 Å². The highest BCUT2D eigenvalue weighted by molar-refractivity contribution is 6.76. The van der Waals surface area contributed by atoms with E-state index in [1.165, 1.54) is 0 Å². The molecule has 7 heteroatoms. The van der Waals surface area contributed by atoms with Crippen LogP contribution in [0.25, 0.3) is 0 Å². The van der Waals surface area contributed by atoms with Gasteiger partial charge in [-0.1, -0.05) is 54.2 Å². The molecule has 0 radical (unpaired) electrons. The zero-order valence-electron chi connectivity index (χ0n) is 12.6. The fourth-order valence-electron chi connectivity index (χ4n) is 1.67. The minimum Gasteiger partial charge on any atom is -0.493 e. The lowest BCUT2D eigenvalue weighted by molar-refractivity contribution is 0.286. The molecule has 4 nitrogen and oxygen atoms in total. The molecule has 22 heavy (non-hydrogen) atoms. The number of alkyl halides is 3. The van der Waals surface area contributed by atoms with Crippen molar-refractivity contribution in [3.8, 4) is 11.5 Å². The van der Waals surface area contributed by atoms with Crippen LogP contribution in [-0.2, 0) is 11.2 Å². The van der Waals surface area contributed by atoms with Gasteiger partial charge in [-0.2, -0.15) is 0 Å². The van der Waals surface area contributed by atoms with Gasteiger partial charge >= 0.3 is 0 Å². The van der Waals surface area contributed by atoms with Crippen molar-refractivity contribution < 1.29 is 14.2 Å². The van der Waals surface area contributed by atoms with Crippen LogP contribution in [0.1, 0.15) is 25.3 Å². The number of benzene rings is 1. The Balaban J connectivity index is 2.60. The van der Waals surface area contributed by atoms with E-state index in [2.05, 4.69) is 6.92 Å². The second kappa shape index (κ2) is 9.33. The number of hydrogen-bond donors (Lipinski definition) is 1. The highest BCUT2D eigenvalue weighted by Crippen LogP contribution is 2.29. The van der Waals surface area contributed by atoms with E-state index < -0.39 is 3.79 Å². The monoisotopic (exact) mass is 367 g/mol. The molecule has 0 heterocycles. The maximum atomic E-state index is 7.46. The Hall–Kier alpha value is -0.840. The molecule has 0 saturated heterocycles. The number of methoxy groups -OCH3 is 1. The first kappa shape index (κ1) is 19.2. The van der Waals surface area contributed by atoms with E-state index in [1.54, 1.807) is 7.11 Å². The van der Waals surface area contributed by atoms with Crippen LogP contribution in [-0.4, -0.2) is 30.0 Å². The molecule has 0 amide bonds. The Morgan fingerprint density at radius 1 is 1.18 bits per heavy atom. The molecule has 0 bridgehead atoms. The van der Waals surface area contributed by atoms with Crippen LogP contribution in [0.4, 0.5) is 0 Å². The van der Waals surface area contributed by atoms with E-state index in [0.29, 0.717) is 24.5 Å². The molecule has 0 fully saturated rings. The van der Waals surface area contributed by atoms with Crippen LogP contribution in [0.2, 0.25) is 0 Å². The van der Waals surface area contributed by atoms with Crippen molar-refractivity contribution in [2.24, 2.45) is 0 Å². The zero-order valence-corrected chi connectivity index (χ0v) is 14.9. The number of rotatable bonds is 8. The van der Waals surface area contributed by atoms with Gasteiger partial charge in [0.15, 0.2) is 11.5 Å². The van der Waals surface area contributed by atoms with Crippen LogP contribution >= 0.6 is 34.8 Å². The highest BCUT2D eigenvalue weighted by atomic mass is 35.6. The summed E-state index contributed by atoms with van der Waals surface area (Å²) in [6, 6.07) is 5.65. The van der Waals surface area contributed by atoms with Crippen LogP contribution in [0.3, 0.4) is 0 Å². The summed E-state index contributed by atoms with van der Waals surface area (Å²) in [4.78, 5) is 0. The lowest BCUT2D eigenvalue weighted by Crippen LogP contribution is -2.22. The van der Waals surface area contributed by atoms with Gasteiger partial charge in [-0.25, -0.2) is 0 Å². The summed E-state index contributed by atoms with van der Waals surface area (Å²) in [5.41, 5.74) is 0.990. The van der Waals surface area contributed by atoms with Crippen molar-refractivity contribution in [3.05, 3.63) is 23.8 Å². The molecule has 0 aliphatic rings. The fraction of sp³-hybridized carbons (Fsp3) is 0.533. The van der Waals surface area contributed by atoms with E-state index >= 15 is 0 Å². The number of halogens is 3. The number of unbranched alkanes of at least 4 members (excludes halogenated alkanes) is 1. The third-order valence-corrected chi connectivity index (χ3v) is 3.39. The third-order valence-electron chi connectivity index (χ3n) is 2.88. The first-order valence-electron chi connectivity index (χ1n) is 6.96. The highest BCUT2D eigenvalue weighted by Gasteiger charge is 2.28. The van der Waals surface area contributed by atoms with Crippen LogP contribution in [0.15, 0.2) is 18.2 Å². The largest absolute Gasteiger partial charge is 0.493 e. The molecule has 124 valence electrons. The molecule has 0 saturated carbocycles. The molecule has 1 rings (SSSR count). The van der Waals surface area contributed by atoms with Crippen molar-refractivity contribution in [2.75, 3.05) is 20.3 Å². The molecule has 0 spiro atoms. The van der Waals surface area contributed by atoms with Gasteiger partial charge in [0.2, 0.25) is 5.90 Å². The molecule has 0 aliphatic carbocycles. The summed E-state index contributed by atoms with van der Waals surface area (Å²) in [5, 5.41) is 7.46. The van der Waals surface area contributed by atoms with Gasteiger partial charge in [0.1, 0.15) is 0 Å². The van der Waals surface area contributed by atoms with Crippen molar-refractivity contribution in [1.82, 2.24) is 0 Å². The molecule has 0 aromatic heterocycles. The molecule has 1 N–H and O–H groups in total. The smallest absolute Gasteiger partial charge is 0.265 e. The Morgan fingerprint density at radius 2 is 1.91 bits per heavy atom. The number of nitrogens with one attached hydrogen (secondary N) is 1. The minimum absolute atomic E-state index is 0.244. The Bertz CT molecular complexity index is 489. The maximum absolute atomic E-state index is 7.46. The summed E-state index contributed by atoms with van der Waals surface area (Å²) in [6.45, 7) is 2.99. The van der Waals surface area contributed by atoms with E-state index in [1.807, 2.05) is 18.2 Å². The molecule has 0 aliphatic heterocycles. The molecule has 1 aromatic rings. The maximum Gasteiger partial charge on any atom is 0.265 e. The van der Waals surface area contributed by atoms with Gasteiger partial charge in [-0.05, 0) is 24.1 Å². The second-order valence-electron chi connectivity index (χ2n) is 4.61. The van der Waals surface area contributed by atoms with Gasteiger partial charge in [-0.15, -0.1) is 0 Å². The topological polar surface area (TPSA) is 51.5 Å². The summed E-state index contributed by atoms with van der Waals surface area (Å²) in [6.07, 6.45) is 2.61. The average molecular weight is 369 g/mol. The fourth-order valence-corrected chi connectivity index (χ4v) is 1.83. The van der Waals surface area contributed by atoms with Gasteiger partial charge in [-0.3, -0.25) is 5.41 Å². The van der Waals surface area contributed by atoms with Crippen LogP contribution in [0.5, 0.6) is 11.5 Å². The van der Waals surface area contributed by atoms with Crippen molar-refractivity contribution in [1.29, 1.82) is 5.41 Å². The third kappa shape index (κ3) is 6.51. The standard InChI is InChI=1S/C15H20Cl3NO3/c1-3-4-8-21-13-10-11(5-6-12(13)20-2)7-9-22-14(19)15(16,17)18/h5-6,10,19H,3-4,7-9H2,1-2H3. The summed E-state index contributed by atoms with van der Waals surface area (Å²) >= 11 is 16.6. The van der Waals surface area contributed by atoms with Crippen molar-refractivity contribution >= 4 is 40.7 Å². The lowest BCUT2D eigenvalue weighted by Gasteiger charge is -2.14. The second-order valence-corrected chi connectivity index (χ2v) is 6.89. The van der Waals surface area contributed by atoms with E-state index in [0.717, 1.165) is 18.4 Å². The quantitative estimate of drug-likeness (QED) is 0.311. The van der Waals surface area contributed by atoms with Crippen LogP contribution in [0, 0.1) is 5.41 Å². The Labute approximate surface area is 146 Å². The Morgan fingerprint density at radius 3 is 2.50 bits per heavy atom.